The van der Waals surface area contributed by atoms with Crippen LogP contribution in [-0.2, 0) is 23.0 Å². The third-order valence-electron chi connectivity index (χ3n) is 4.87. The number of piperidine rings is 1. The Morgan fingerprint density at radius 2 is 2.03 bits per heavy atom. The number of nitrogens with one attached hydrogen (secondary N) is 2. The third kappa shape index (κ3) is 6.01. The first-order valence-corrected chi connectivity index (χ1v) is 12.3. The maximum absolute atomic E-state index is 12.9. The fraction of sp³-hybridized carbons (Fsp3) is 0.500. The Kier molecular flexibility index (Phi) is 7.63. The van der Waals surface area contributed by atoms with Crippen molar-refractivity contribution in [1.82, 2.24) is 19.9 Å². The Bertz CT molecular complexity index is 934. The van der Waals surface area contributed by atoms with Gasteiger partial charge in [0, 0.05) is 45.0 Å². The van der Waals surface area contributed by atoms with Crippen LogP contribution in [0.5, 0.6) is 0 Å². The maximum atomic E-state index is 12.9. The fourth-order valence-electron chi connectivity index (χ4n) is 3.31. The molecule has 158 valence electrons. The Morgan fingerprint density at radius 1 is 1.24 bits per heavy atom. The third-order valence-corrected chi connectivity index (χ3v) is 7.59. The zero-order chi connectivity index (χ0) is 20.7. The minimum Gasteiger partial charge on any atom is -0.356 e. The molecule has 2 N–H and O–H groups in total. The Balaban J connectivity index is 1.55. The number of sulfonamides is 1. The van der Waals surface area contributed by atoms with Crippen LogP contribution in [0.15, 0.2) is 39.5 Å². The number of aromatic nitrogens is 1. The molecule has 1 fully saturated rings. The van der Waals surface area contributed by atoms with Crippen molar-refractivity contribution in [1.29, 1.82) is 0 Å². The molecular weight excluding hydrogens is 406 g/mol. The summed E-state index contributed by atoms with van der Waals surface area (Å²) in [5.74, 6) is 0.682. The van der Waals surface area contributed by atoms with Gasteiger partial charge in [-0.15, -0.1) is 11.3 Å². The van der Waals surface area contributed by atoms with Crippen molar-refractivity contribution < 1.29 is 8.42 Å². The summed E-state index contributed by atoms with van der Waals surface area (Å²) < 4.78 is 27.4. The maximum Gasteiger partial charge on any atom is 0.243 e. The molecule has 29 heavy (non-hydrogen) atoms. The summed E-state index contributed by atoms with van der Waals surface area (Å²) in [6.07, 6.45) is 3.80. The van der Waals surface area contributed by atoms with Gasteiger partial charge in [-0.1, -0.05) is 18.6 Å². The van der Waals surface area contributed by atoms with E-state index in [1.165, 1.54) is 0 Å². The molecule has 0 aliphatic carbocycles. The topological polar surface area (TPSA) is 86.7 Å². The number of hydrogen-bond donors (Lipinski definition) is 2. The van der Waals surface area contributed by atoms with E-state index < -0.39 is 10.0 Å². The number of aryl methyl sites for hydroxylation is 1. The molecule has 2 heterocycles. The largest absolute Gasteiger partial charge is 0.356 e. The average Bonchev–Trinajstić information content (AvgIpc) is 3.16. The van der Waals surface area contributed by atoms with Crippen molar-refractivity contribution >= 4 is 27.3 Å². The molecule has 2 aromatic rings. The first-order chi connectivity index (χ1) is 14.0. The Morgan fingerprint density at radius 3 is 2.72 bits per heavy atom. The van der Waals surface area contributed by atoms with Crippen LogP contribution in [0.3, 0.4) is 0 Å². The van der Waals surface area contributed by atoms with Crippen LogP contribution in [0.25, 0.3) is 0 Å². The molecule has 0 amide bonds. The van der Waals surface area contributed by atoms with Gasteiger partial charge in [0.25, 0.3) is 0 Å². The first kappa shape index (κ1) is 21.7. The standard InChI is InChI=1S/C20H29N5O2S2/c1-16-24-18(15-28-16)9-10-22-20(21-2)23-14-17-7-6-8-19(13-17)29(26,27)25-11-4-3-5-12-25/h6-8,13,15H,3-5,9-12,14H2,1-2H3,(H2,21,22,23). The lowest BCUT2D eigenvalue weighted by atomic mass is 10.2. The molecule has 7 nitrogen and oxygen atoms in total. The van der Waals surface area contributed by atoms with E-state index in [1.807, 2.05) is 13.0 Å². The van der Waals surface area contributed by atoms with E-state index in [2.05, 4.69) is 26.0 Å². The van der Waals surface area contributed by atoms with E-state index in [1.54, 1.807) is 40.9 Å². The molecule has 0 atom stereocenters. The second kappa shape index (κ2) is 10.2. The second-order valence-corrected chi connectivity index (χ2v) is 10.1. The molecular formula is C20H29N5O2S2. The highest BCUT2D eigenvalue weighted by Gasteiger charge is 2.25. The number of nitrogens with zero attached hydrogens (tertiary/aromatic N) is 3. The molecule has 3 rings (SSSR count). The molecule has 0 radical (unpaired) electrons. The van der Waals surface area contributed by atoms with Crippen LogP contribution in [0.1, 0.15) is 35.5 Å². The molecule has 1 aromatic carbocycles. The van der Waals surface area contributed by atoms with Gasteiger partial charge in [0.05, 0.1) is 15.6 Å². The molecule has 1 aliphatic rings. The number of benzene rings is 1. The molecule has 0 bridgehead atoms. The molecule has 1 aliphatic heterocycles. The van der Waals surface area contributed by atoms with Crippen LogP contribution in [0, 0.1) is 6.92 Å². The summed E-state index contributed by atoms with van der Waals surface area (Å²) in [5.41, 5.74) is 1.98. The number of thiazole rings is 1. The van der Waals surface area contributed by atoms with Crippen molar-refractivity contribution in [3.05, 3.63) is 45.9 Å². The van der Waals surface area contributed by atoms with E-state index in [0.717, 1.165) is 48.5 Å². The predicted octanol–water partition coefficient (Wildman–Crippen LogP) is 2.53. The van der Waals surface area contributed by atoms with Crippen LogP contribution in [0.2, 0.25) is 0 Å². The number of hydrogen-bond acceptors (Lipinski definition) is 5. The van der Waals surface area contributed by atoms with Gasteiger partial charge in [-0.25, -0.2) is 13.4 Å². The number of rotatable bonds is 7. The van der Waals surface area contributed by atoms with Gasteiger partial charge in [0.15, 0.2) is 5.96 Å². The number of guanidine groups is 1. The molecule has 9 heteroatoms. The summed E-state index contributed by atoms with van der Waals surface area (Å²) in [4.78, 5) is 9.05. The lowest BCUT2D eigenvalue weighted by molar-refractivity contribution is 0.346. The lowest BCUT2D eigenvalue weighted by Crippen LogP contribution is -2.38. The zero-order valence-electron chi connectivity index (χ0n) is 17.0. The van der Waals surface area contributed by atoms with Gasteiger partial charge >= 0.3 is 0 Å². The van der Waals surface area contributed by atoms with Crippen molar-refractivity contribution in [2.24, 2.45) is 4.99 Å². The molecule has 1 aromatic heterocycles. The zero-order valence-corrected chi connectivity index (χ0v) is 18.7. The van der Waals surface area contributed by atoms with Gasteiger partial charge in [-0.3, -0.25) is 4.99 Å². The molecule has 0 unspecified atom stereocenters. The van der Waals surface area contributed by atoms with Crippen LogP contribution >= 0.6 is 11.3 Å². The van der Waals surface area contributed by atoms with Gasteiger partial charge in [0.1, 0.15) is 0 Å². The van der Waals surface area contributed by atoms with Gasteiger partial charge < -0.3 is 10.6 Å². The fourth-order valence-corrected chi connectivity index (χ4v) is 5.54. The average molecular weight is 436 g/mol. The Hall–Kier alpha value is -1.97. The van der Waals surface area contributed by atoms with Crippen molar-refractivity contribution in [3.63, 3.8) is 0 Å². The molecule has 0 saturated carbocycles. The summed E-state index contributed by atoms with van der Waals surface area (Å²) >= 11 is 1.65. The molecule has 1 saturated heterocycles. The van der Waals surface area contributed by atoms with Gasteiger partial charge in [-0.2, -0.15) is 4.31 Å². The minimum absolute atomic E-state index is 0.362. The van der Waals surface area contributed by atoms with E-state index in [-0.39, 0.29) is 0 Å². The van der Waals surface area contributed by atoms with Crippen LogP contribution in [-0.4, -0.2) is 50.3 Å². The highest BCUT2D eigenvalue weighted by molar-refractivity contribution is 7.89. The SMILES string of the molecule is CN=C(NCCc1csc(C)n1)NCc1cccc(S(=O)(=O)N2CCCCC2)c1. The smallest absolute Gasteiger partial charge is 0.243 e. The summed E-state index contributed by atoms with van der Waals surface area (Å²) in [7, 11) is -1.70. The summed E-state index contributed by atoms with van der Waals surface area (Å²) in [6, 6.07) is 7.15. The normalized spacial score (nSPS) is 16.0. The van der Waals surface area contributed by atoms with E-state index in [9.17, 15) is 8.42 Å². The predicted molar refractivity (Wildman–Crippen MR) is 118 cm³/mol. The number of aliphatic imine (C=N–C) groups is 1. The highest BCUT2D eigenvalue weighted by Crippen LogP contribution is 2.21. The van der Waals surface area contributed by atoms with Gasteiger partial charge in [0.2, 0.25) is 10.0 Å². The van der Waals surface area contributed by atoms with Gasteiger partial charge in [-0.05, 0) is 37.5 Å². The van der Waals surface area contributed by atoms with Crippen LogP contribution < -0.4 is 10.6 Å². The minimum atomic E-state index is -3.42. The van der Waals surface area contributed by atoms with Crippen molar-refractivity contribution in [3.8, 4) is 0 Å². The Labute approximate surface area is 177 Å². The first-order valence-electron chi connectivity index (χ1n) is 9.93. The lowest BCUT2D eigenvalue weighted by Gasteiger charge is -2.26. The van der Waals surface area contributed by atoms with Crippen molar-refractivity contribution in [2.75, 3.05) is 26.7 Å². The van der Waals surface area contributed by atoms with E-state index >= 15 is 0 Å². The van der Waals surface area contributed by atoms with Crippen molar-refractivity contribution in [2.45, 2.75) is 44.0 Å². The van der Waals surface area contributed by atoms with E-state index in [0.29, 0.717) is 30.5 Å². The summed E-state index contributed by atoms with van der Waals surface area (Å²) in [6.45, 7) is 4.45. The monoisotopic (exact) mass is 435 g/mol. The quantitative estimate of drug-likeness (QED) is 0.516. The molecule has 0 spiro atoms. The van der Waals surface area contributed by atoms with E-state index in [4.69, 9.17) is 0 Å². The highest BCUT2D eigenvalue weighted by atomic mass is 32.2. The summed E-state index contributed by atoms with van der Waals surface area (Å²) in [5, 5.41) is 9.66. The van der Waals surface area contributed by atoms with Crippen LogP contribution in [0.4, 0.5) is 0 Å². The second-order valence-electron chi connectivity index (χ2n) is 7.07.